The minimum atomic E-state index is -2.97. The Morgan fingerprint density at radius 3 is 1.33 bits per heavy atom. The van der Waals surface area contributed by atoms with Gasteiger partial charge in [-0.1, -0.05) is 36.4 Å². The zero-order valence-electron chi connectivity index (χ0n) is 12.5. The molecule has 0 amide bonds. The Morgan fingerprint density at radius 2 is 1.00 bits per heavy atom. The SMILES string of the molecule is [Cl][Ru]([Cl])([Cl])[Cl].[Cs+].c1ccc2[nH]ncc2c1.c1ccc2[nH]ncc2c1. The number of fused-ring (bicyclic) bond motifs is 2. The van der Waals surface area contributed by atoms with Gasteiger partial charge in [-0.25, -0.2) is 0 Å². The van der Waals surface area contributed by atoms with Gasteiger partial charge in [0.15, 0.2) is 0 Å². The van der Waals surface area contributed by atoms with Crippen LogP contribution in [0.25, 0.3) is 21.8 Å². The minimum Gasteiger partial charge on any atom is -0.278 e. The van der Waals surface area contributed by atoms with Crippen molar-refractivity contribution < 1.29 is 79.7 Å². The summed E-state index contributed by atoms with van der Waals surface area (Å²) in [4.78, 5) is 0. The molecule has 0 aliphatic rings. The Balaban J connectivity index is 0.000000185. The van der Waals surface area contributed by atoms with Crippen molar-refractivity contribution in [3.05, 3.63) is 60.9 Å². The smallest absolute Gasteiger partial charge is 0.278 e. The van der Waals surface area contributed by atoms with Crippen molar-refractivity contribution in [1.82, 2.24) is 20.4 Å². The Bertz CT molecular complexity index is 730. The van der Waals surface area contributed by atoms with E-state index in [0.717, 1.165) is 21.8 Å². The third-order valence-corrected chi connectivity index (χ3v) is 2.70. The van der Waals surface area contributed by atoms with E-state index in [1.165, 1.54) is 0 Å². The molecule has 2 aromatic carbocycles. The number of para-hydroxylation sites is 2. The average Bonchev–Trinajstić information content (AvgIpc) is 3.15. The summed E-state index contributed by atoms with van der Waals surface area (Å²) in [6, 6.07) is 16.0. The van der Waals surface area contributed by atoms with Crippen molar-refractivity contribution in [2.45, 2.75) is 0 Å². The number of H-pyrrole nitrogens is 2. The van der Waals surface area contributed by atoms with Gasteiger partial charge in [-0.2, -0.15) is 10.2 Å². The predicted molar refractivity (Wildman–Crippen MR) is 95.6 cm³/mol. The third kappa shape index (κ3) is 9.24. The van der Waals surface area contributed by atoms with Crippen LogP contribution in [0.4, 0.5) is 0 Å². The molecule has 0 aliphatic carbocycles. The first-order valence-electron chi connectivity index (χ1n) is 6.23. The number of benzene rings is 2. The molecule has 0 spiro atoms. The molecule has 24 heavy (non-hydrogen) atoms. The number of halogens is 4. The predicted octanol–water partition coefficient (Wildman–Crippen LogP) is 2.89. The van der Waals surface area contributed by atoms with Gasteiger partial charge in [0.1, 0.15) is 0 Å². The molecule has 2 aromatic heterocycles. The maximum absolute atomic E-state index is 5.00. The molecule has 0 bridgehead atoms. The number of hydrogen-bond donors (Lipinski definition) is 2. The van der Waals surface area contributed by atoms with Crippen molar-refractivity contribution >= 4 is 60.6 Å². The van der Waals surface area contributed by atoms with E-state index >= 15 is 0 Å². The van der Waals surface area contributed by atoms with Crippen LogP contribution in [0, 0.1) is 0 Å². The maximum Gasteiger partial charge on any atom is 1.00 e. The zero-order valence-corrected chi connectivity index (χ0v) is 23.6. The number of nitrogens with one attached hydrogen (secondary N) is 2. The number of nitrogens with zero attached hydrogens (tertiary/aromatic N) is 2. The molecule has 0 fully saturated rings. The molecule has 4 rings (SSSR count). The first-order chi connectivity index (χ1) is 10.9. The van der Waals surface area contributed by atoms with E-state index in [2.05, 4.69) is 20.4 Å². The van der Waals surface area contributed by atoms with Crippen LogP contribution in [-0.4, -0.2) is 20.4 Å². The van der Waals surface area contributed by atoms with Gasteiger partial charge in [-0.3, -0.25) is 10.2 Å². The molecule has 124 valence electrons. The molecule has 4 aromatic rings. The van der Waals surface area contributed by atoms with E-state index in [-0.39, 0.29) is 68.9 Å². The van der Waals surface area contributed by atoms with E-state index in [4.69, 9.17) is 38.8 Å². The molecular weight excluding hydrogens is 600 g/mol. The fraction of sp³-hybridized carbons (Fsp3) is 0. The summed E-state index contributed by atoms with van der Waals surface area (Å²) in [5.41, 5.74) is 2.19. The zero-order chi connectivity index (χ0) is 16.7. The van der Waals surface area contributed by atoms with Gasteiger partial charge >= 0.3 is 118 Å². The summed E-state index contributed by atoms with van der Waals surface area (Å²) >= 11 is 0. The van der Waals surface area contributed by atoms with Crippen molar-refractivity contribution in [2.75, 3.05) is 0 Å². The molecule has 0 atom stereocenters. The van der Waals surface area contributed by atoms with Crippen molar-refractivity contribution in [2.24, 2.45) is 0 Å². The monoisotopic (exact) mass is 611 g/mol. The fourth-order valence-electron chi connectivity index (χ4n) is 1.77. The third-order valence-electron chi connectivity index (χ3n) is 2.70. The van der Waals surface area contributed by atoms with Gasteiger partial charge < -0.3 is 0 Å². The molecule has 2 heterocycles. The molecule has 0 saturated carbocycles. The van der Waals surface area contributed by atoms with Crippen LogP contribution in [0.15, 0.2) is 60.9 Å². The van der Waals surface area contributed by atoms with Crippen molar-refractivity contribution in [1.29, 1.82) is 0 Å². The number of rotatable bonds is 0. The summed E-state index contributed by atoms with van der Waals surface area (Å²) in [5, 5.41) is 15.8. The van der Waals surface area contributed by atoms with Crippen molar-refractivity contribution in [3.63, 3.8) is 0 Å². The van der Waals surface area contributed by atoms with E-state index < -0.39 is 10.8 Å². The van der Waals surface area contributed by atoms with Gasteiger partial charge in [-0.05, 0) is 12.1 Å². The number of aromatic nitrogens is 4. The van der Waals surface area contributed by atoms with E-state index in [1.54, 1.807) is 0 Å². The van der Waals surface area contributed by atoms with Crippen LogP contribution in [-0.2, 0) is 10.8 Å². The largest absolute Gasteiger partial charge is 1.00 e. The Morgan fingerprint density at radius 1 is 0.667 bits per heavy atom. The summed E-state index contributed by atoms with van der Waals surface area (Å²) in [5.74, 6) is 0. The second kappa shape index (κ2) is 11.8. The Hall–Kier alpha value is 1.22. The van der Waals surface area contributed by atoms with Crippen LogP contribution in [0.2, 0.25) is 0 Å². The second-order valence-corrected chi connectivity index (χ2v) is 20.1. The summed E-state index contributed by atoms with van der Waals surface area (Å²) in [6.07, 6.45) is 3.63. The van der Waals surface area contributed by atoms with Crippen LogP contribution in [0.5, 0.6) is 0 Å². The molecule has 0 aliphatic heterocycles. The number of hydrogen-bond acceptors (Lipinski definition) is 2. The normalized spacial score (nSPS) is 10.8. The summed E-state index contributed by atoms with van der Waals surface area (Å²) in [7, 11) is 17.0. The fourth-order valence-corrected chi connectivity index (χ4v) is 1.77. The number of aromatic amines is 2. The molecular formula is C14H12Cl4CsN4Ru+. The first kappa shape index (κ1) is 23.3. The van der Waals surface area contributed by atoms with Gasteiger partial charge in [0.25, 0.3) is 0 Å². The quantitative estimate of drug-likeness (QED) is 0.301. The minimum absolute atomic E-state index is 0. The molecule has 4 nitrogen and oxygen atoms in total. The Kier molecular flexibility index (Phi) is 11.5. The summed E-state index contributed by atoms with van der Waals surface area (Å²) in [6.45, 7) is 0. The maximum atomic E-state index is 5.00. The standard InChI is InChI=1S/2C7H6N2.4ClH.Cs.Ru/c2*1-2-4-7-6(3-1)5-8-9-7;;;;;;/h2*1-5H,(H,8,9);4*1H;;/q;;;;;;+1;+4/p-4. The molecule has 2 N–H and O–H groups in total. The molecule has 0 unspecified atom stereocenters. The van der Waals surface area contributed by atoms with Crippen LogP contribution >= 0.6 is 38.8 Å². The van der Waals surface area contributed by atoms with Gasteiger partial charge in [0, 0.05) is 10.8 Å². The molecule has 0 radical (unpaired) electrons. The van der Waals surface area contributed by atoms with Crippen LogP contribution in [0.3, 0.4) is 0 Å². The van der Waals surface area contributed by atoms with Crippen molar-refractivity contribution in [3.8, 4) is 0 Å². The molecule has 10 heteroatoms. The van der Waals surface area contributed by atoms with Crippen LogP contribution < -0.4 is 68.9 Å². The van der Waals surface area contributed by atoms with E-state index in [1.807, 2.05) is 60.9 Å². The van der Waals surface area contributed by atoms with E-state index in [0.29, 0.717) is 0 Å². The summed E-state index contributed by atoms with van der Waals surface area (Å²) < 4.78 is 0. The van der Waals surface area contributed by atoms with Gasteiger partial charge in [-0.15, -0.1) is 0 Å². The van der Waals surface area contributed by atoms with E-state index in [9.17, 15) is 0 Å². The van der Waals surface area contributed by atoms with Crippen LogP contribution in [0.1, 0.15) is 0 Å². The molecule has 0 saturated heterocycles. The Labute approximate surface area is 217 Å². The second-order valence-electron chi connectivity index (χ2n) is 4.22. The average molecular weight is 612 g/mol. The van der Waals surface area contributed by atoms with Gasteiger partial charge in [0.2, 0.25) is 0 Å². The van der Waals surface area contributed by atoms with Gasteiger partial charge in [0.05, 0.1) is 23.4 Å². The first-order valence-corrected chi connectivity index (χ1v) is 15.2. The topological polar surface area (TPSA) is 57.4 Å².